The van der Waals surface area contributed by atoms with Gasteiger partial charge in [0.15, 0.2) is 0 Å². The first-order chi connectivity index (χ1) is 11.0. The van der Waals surface area contributed by atoms with Crippen LogP contribution in [0.5, 0.6) is 0 Å². The Labute approximate surface area is 135 Å². The molecule has 0 bridgehead atoms. The van der Waals surface area contributed by atoms with Crippen LogP contribution >= 0.6 is 0 Å². The van der Waals surface area contributed by atoms with Crippen LogP contribution < -0.4 is 10.3 Å². The second kappa shape index (κ2) is 5.18. The number of hydrazone groups is 1. The molecule has 0 spiro atoms. The largest absolute Gasteiger partial charge is 0.315 e. The van der Waals surface area contributed by atoms with Gasteiger partial charge in [-0.3, -0.25) is 9.59 Å². The molecule has 2 amide bonds. The van der Waals surface area contributed by atoms with E-state index in [1.807, 2.05) is 19.2 Å². The van der Waals surface area contributed by atoms with E-state index in [1.165, 1.54) is 5.56 Å². The Balaban J connectivity index is 1.72. The molecule has 3 unspecified atom stereocenters. The van der Waals surface area contributed by atoms with E-state index in [1.54, 1.807) is 4.90 Å². The van der Waals surface area contributed by atoms with Gasteiger partial charge in [0.2, 0.25) is 11.8 Å². The van der Waals surface area contributed by atoms with Crippen LogP contribution in [-0.2, 0) is 16.0 Å². The Hall–Kier alpha value is -2.17. The molecular formula is C18H21N3O2. The third kappa shape index (κ3) is 2.26. The Kier molecular flexibility index (Phi) is 3.25. The highest BCUT2D eigenvalue weighted by Gasteiger charge is 2.43. The van der Waals surface area contributed by atoms with Crippen LogP contribution in [0.15, 0.2) is 23.3 Å². The third-order valence-electron chi connectivity index (χ3n) is 5.45. The van der Waals surface area contributed by atoms with Crippen molar-refractivity contribution < 1.29 is 9.59 Å². The number of fused-ring (bicyclic) bond motifs is 2. The molecule has 0 saturated heterocycles. The lowest BCUT2D eigenvalue weighted by molar-refractivity contribution is -0.129. The summed E-state index contributed by atoms with van der Waals surface area (Å²) >= 11 is 0. The van der Waals surface area contributed by atoms with E-state index in [4.69, 9.17) is 0 Å². The number of benzene rings is 1. The standard InChI is InChI=1S/C18H21N3O2/c1-10-7-12-9-11(3-6-15(12)21(2)16(22)8-10)17-13-4-5-14(13)18(23)20-19-17/h3,6,9-10,13-14H,4-5,7-8H2,1-2H3,(H,20,23). The van der Waals surface area contributed by atoms with Gasteiger partial charge in [0.1, 0.15) is 0 Å². The zero-order valence-electron chi connectivity index (χ0n) is 13.5. The van der Waals surface area contributed by atoms with E-state index >= 15 is 0 Å². The quantitative estimate of drug-likeness (QED) is 0.863. The molecule has 1 aliphatic carbocycles. The minimum Gasteiger partial charge on any atom is -0.315 e. The van der Waals surface area contributed by atoms with Gasteiger partial charge in [-0.15, -0.1) is 0 Å². The van der Waals surface area contributed by atoms with E-state index in [0.29, 0.717) is 12.3 Å². The van der Waals surface area contributed by atoms with Crippen molar-refractivity contribution in [3.8, 4) is 0 Å². The van der Waals surface area contributed by atoms with Gasteiger partial charge in [0, 0.05) is 31.0 Å². The van der Waals surface area contributed by atoms with Crippen LogP contribution in [0.4, 0.5) is 5.69 Å². The Bertz CT molecular complexity index is 725. The number of hydrogen-bond donors (Lipinski definition) is 1. The van der Waals surface area contributed by atoms with Gasteiger partial charge in [0.05, 0.1) is 5.71 Å². The highest BCUT2D eigenvalue weighted by Crippen LogP contribution is 2.40. The molecular weight excluding hydrogens is 290 g/mol. The van der Waals surface area contributed by atoms with E-state index in [9.17, 15) is 9.59 Å². The molecule has 1 aromatic rings. The van der Waals surface area contributed by atoms with E-state index < -0.39 is 0 Å². The van der Waals surface area contributed by atoms with Crippen molar-refractivity contribution in [3.05, 3.63) is 29.3 Å². The molecule has 0 aromatic heterocycles. The summed E-state index contributed by atoms with van der Waals surface area (Å²) in [5.74, 6) is 0.906. The molecule has 5 nitrogen and oxygen atoms in total. The van der Waals surface area contributed by atoms with Gasteiger partial charge in [0.25, 0.3) is 0 Å². The van der Waals surface area contributed by atoms with Gasteiger partial charge in [-0.25, -0.2) is 5.43 Å². The smallest absolute Gasteiger partial charge is 0.243 e. The Morgan fingerprint density at radius 2 is 1.96 bits per heavy atom. The number of nitrogens with one attached hydrogen (secondary N) is 1. The number of nitrogens with zero attached hydrogens (tertiary/aromatic N) is 2. The van der Waals surface area contributed by atoms with Crippen molar-refractivity contribution in [1.82, 2.24) is 5.43 Å². The summed E-state index contributed by atoms with van der Waals surface area (Å²) < 4.78 is 0. The summed E-state index contributed by atoms with van der Waals surface area (Å²) in [6.45, 7) is 2.12. The number of carbonyl (C=O) groups is 2. The van der Waals surface area contributed by atoms with Gasteiger partial charge in [-0.05, 0) is 48.4 Å². The molecule has 3 aliphatic rings. The van der Waals surface area contributed by atoms with Gasteiger partial charge >= 0.3 is 0 Å². The normalized spacial score (nSPS) is 29.7. The van der Waals surface area contributed by atoms with Crippen molar-refractivity contribution in [2.75, 3.05) is 11.9 Å². The van der Waals surface area contributed by atoms with Crippen LogP contribution in [0.3, 0.4) is 0 Å². The molecule has 0 radical (unpaired) electrons. The molecule has 1 aromatic carbocycles. The van der Waals surface area contributed by atoms with Crippen LogP contribution in [0.1, 0.15) is 37.3 Å². The maximum atomic E-state index is 12.2. The fourth-order valence-electron chi connectivity index (χ4n) is 3.95. The first-order valence-corrected chi connectivity index (χ1v) is 8.32. The SMILES string of the molecule is CC1CC(=O)N(C)c2ccc(C3=NNC(=O)C4CCC34)cc2C1. The fourth-order valence-corrected chi connectivity index (χ4v) is 3.95. The number of amides is 2. The molecule has 1 fully saturated rings. The minimum atomic E-state index is 0.0544. The summed E-state index contributed by atoms with van der Waals surface area (Å²) in [5.41, 5.74) is 6.92. The summed E-state index contributed by atoms with van der Waals surface area (Å²) in [6.07, 6.45) is 3.47. The lowest BCUT2D eigenvalue weighted by Gasteiger charge is -2.39. The molecule has 3 atom stereocenters. The van der Waals surface area contributed by atoms with Crippen molar-refractivity contribution in [2.24, 2.45) is 22.9 Å². The Morgan fingerprint density at radius 1 is 1.17 bits per heavy atom. The zero-order chi connectivity index (χ0) is 16.1. The molecule has 2 aliphatic heterocycles. The number of anilines is 1. The monoisotopic (exact) mass is 311 g/mol. The second-order valence-electron chi connectivity index (χ2n) is 7.07. The second-order valence-corrected chi connectivity index (χ2v) is 7.07. The molecule has 4 rings (SSSR count). The number of carbonyl (C=O) groups excluding carboxylic acids is 2. The molecule has 2 heterocycles. The summed E-state index contributed by atoms with van der Waals surface area (Å²) in [4.78, 5) is 25.7. The van der Waals surface area contributed by atoms with Gasteiger partial charge in [-0.1, -0.05) is 13.0 Å². The maximum Gasteiger partial charge on any atom is 0.243 e. The van der Waals surface area contributed by atoms with E-state index in [2.05, 4.69) is 23.5 Å². The van der Waals surface area contributed by atoms with Crippen LogP contribution in [0.2, 0.25) is 0 Å². The average Bonchev–Trinajstić information content (AvgIpc) is 2.57. The molecule has 23 heavy (non-hydrogen) atoms. The average molecular weight is 311 g/mol. The third-order valence-corrected chi connectivity index (χ3v) is 5.45. The van der Waals surface area contributed by atoms with Crippen molar-refractivity contribution in [3.63, 3.8) is 0 Å². The highest BCUT2D eigenvalue weighted by molar-refractivity contribution is 6.08. The minimum absolute atomic E-state index is 0.0544. The van der Waals surface area contributed by atoms with Crippen LogP contribution in [-0.4, -0.2) is 24.6 Å². The number of hydrogen-bond acceptors (Lipinski definition) is 3. The number of rotatable bonds is 1. The predicted molar refractivity (Wildman–Crippen MR) is 88.2 cm³/mol. The van der Waals surface area contributed by atoms with Crippen molar-refractivity contribution in [1.29, 1.82) is 0 Å². The molecule has 120 valence electrons. The predicted octanol–water partition coefficient (Wildman–Crippen LogP) is 2.09. The van der Waals surface area contributed by atoms with Gasteiger partial charge < -0.3 is 4.90 Å². The summed E-state index contributed by atoms with van der Waals surface area (Å²) in [6, 6.07) is 6.21. The van der Waals surface area contributed by atoms with E-state index in [-0.39, 0.29) is 23.7 Å². The first-order valence-electron chi connectivity index (χ1n) is 8.32. The molecule has 1 N–H and O–H groups in total. The van der Waals surface area contributed by atoms with Crippen LogP contribution in [0, 0.1) is 17.8 Å². The lowest BCUT2D eigenvalue weighted by Crippen LogP contribution is -2.47. The fraction of sp³-hybridized carbons (Fsp3) is 0.500. The lowest BCUT2D eigenvalue weighted by atomic mass is 9.68. The maximum absolute atomic E-state index is 12.2. The van der Waals surface area contributed by atoms with Crippen molar-refractivity contribution in [2.45, 2.75) is 32.6 Å². The summed E-state index contributed by atoms with van der Waals surface area (Å²) in [7, 11) is 1.85. The molecule has 1 saturated carbocycles. The first kappa shape index (κ1) is 14.4. The highest BCUT2D eigenvalue weighted by atomic mass is 16.2. The topological polar surface area (TPSA) is 61.8 Å². The Morgan fingerprint density at radius 3 is 2.70 bits per heavy atom. The van der Waals surface area contributed by atoms with Crippen LogP contribution in [0.25, 0.3) is 0 Å². The van der Waals surface area contributed by atoms with Gasteiger partial charge in [-0.2, -0.15) is 5.10 Å². The van der Waals surface area contributed by atoms with Crippen molar-refractivity contribution >= 4 is 23.2 Å². The van der Waals surface area contributed by atoms with E-state index in [0.717, 1.165) is 36.2 Å². The zero-order valence-corrected chi connectivity index (χ0v) is 13.5. The molecule has 5 heteroatoms. The summed E-state index contributed by atoms with van der Waals surface area (Å²) in [5, 5.41) is 4.33.